The summed E-state index contributed by atoms with van der Waals surface area (Å²) in [4.78, 5) is 11.9. The van der Waals surface area contributed by atoms with E-state index in [1.54, 1.807) is 18.3 Å². The quantitative estimate of drug-likeness (QED) is 0.521. The lowest BCUT2D eigenvalue weighted by atomic mass is 10.0. The van der Waals surface area contributed by atoms with Gasteiger partial charge in [-0.3, -0.25) is 4.79 Å². The van der Waals surface area contributed by atoms with E-state index < -0.39 is 0 Å². The Morgan fingerprint density at radius 3 is 2.64 bits per heavy atom. The van der Waals surface area contributed by atoms with Gasteiger partial charge in [0.1, 0.15) is 5.75 Å². The van der Waals surface area contributed by atoms with Crippen LogP contribution in [0.1, 0.15) is 36.5 Å². The molecule has 0 spiro atoms. The maximum absolute atomic E-state index is 11.9. The third-order valence-electron chi connectivity index (χ3n) is 3.54. The van der Waals surface area contributed by atoms with Gasteiger partial charge in [0.25, 0.3) is 5.91 Å². The topological polar surface area (TPSA) is 50.7 Å². The zero-order valence-corrected chi connectivity index (χ0v) is 16.7. The summed E-state index contributed by atoms with van der Waals surface area (Å²) in [5.74, 6) is 0.686. The molecule has 2 aromatic rings. The van der Waals surface area contributed by atoms with Crippen molar-refractivity contribution in [1.82, 2.24) is 5.43 Å². The van der Waals surface area contributed by atoms with E-state index in [0.717, 1.165) is 21.2 Å². The van der Waals surface area contributed by atoms with Crippen molar-refractivity contribution in [2.24, 2.45) is 5.10 Å². The predicted molar refractivity (Wildman–Crippen MR) is 106 cm³/mol. The van der Waals surface area contributed by atoms with E-state index in [2.05, 4.69) is 40.3 Å². The number of ether oxygens (including phenoxy) is 1. The summed E-state index contributed by atoms with van der Waals surface area (Å²) in [7, 11) is 0. The predicted octanol–water partition coefficient (Wildman–Crippen LogP) is 5.06. The third-order valence-corrected chi connectivity index (χ3v) is 4.65. The molecule has 4 nitrogen and oxygen atoms in total. The molecule has 0 fully saturated rings. The van der Waals surface area contributed by atoms with Crippen LogP contribution in [0, 0.1) is 6.92 Å². The van der Waals surface area contributed by atoms with Crippen LogP contribution in [0.4, 0.5) is 0 Å². The zero-order chi connectivity index (χ0) is 18.4. The lowest BCUT2D eigenvalue weighted by molar-refractivity contribution is -0.123. The second kappa shape index (κ2) is 9.02. The molecule has 1 N–H and O–H groups in total. The molecule has 25 heavy (non-hydrogen) atoms. The van der Waals surface area contributed by atoms with Crippen molar-refractivity contribution in [1.29, 1.82) is 0 Å². The molecule has 0 atom stereocenters. The van der Waals surface area contributed by atoms with E-state index in [9.17, 15) is 4.79 Å². The number of amides is 1. The second-order valence-electron chi connectivity index (χ2n) is 5.93. The van der Waals surface area contributed by atoms with E-state index in [4.69, 9.17) is 16.3 Å². The van der Waals surface area contributed by atoms with E-state index in [1.807, 2.05) is 31.2 Å². The third kappa shape index (κ3) is 5.87. The summed E-state index contributed by atoms with van der Waals surface area (Å²) in [5, 5.41) is 4.57. The first-order chi connectivity index (χ1) is 11.9. The Balaban J connectivity index is 1.93. The number of carbonyl (C=O) groups excluding carboxylic acids is 1. The Hall–Kier alpha value is -1.85. The monoisotopic (exact) mass is 422 g/mol. The van der Waals surface area contributed by atoms with Gasteiger partial charge >= 0.3 is 0 Å². The highest BCUT2D eigenvalue weighted by molar-refractivity contribution is 9.10. The number of carbonyl (C=O) groups is 1. The lowest BCUT2D eigenvalue weighted by Gasteiger charge is -2.15. The zero-order valence-electron chi connectivity index (χ0n) is 14.3. The summed E-state index contributed by atoms with van der Waals surface area (Å²) in [6.07, 6.45) is 1.55. The average molecular weight is 424 g/mol. The molecule has 0 aliphatic heterocycles. The van der Waals surface area contributed by atoms with Crippen LogP contribution in [-0.4, -0.2) is 18.7 Å². The molecule has 2 rings (SSSR count). The summed E-state index contributed by atoms with van der Waals surface area (Å²) in [6.45, 7) is 6.05. The van der Waals surface area contributed by atoms with Crippen LogP contribution in [0.2, 0.25) is 5.02 Å². The molecule has 132 valence electrons. The van der Waals surface area contributed by atoms with Gasteiger partial charge in [0.2, 0.25) is 0 Å². The molecule has 0 saturated heterocycles. The van der Waals surface area contributed by atoms with Gasteiger partial charge in [0, 0.05) is 9.50 Å². The van der Waals surface area contributed by atoms with E-state index >= 15 is 0 Å². The summed E-state index contributed by atoms with van der Waals surface area (Å²) in [6, 6.07) is 11.1. The van der Waals surface area contributed by atoms with Gasteiger partial charge in [-0.25, -0.2) is 5.43 Å². The van der Waals surface area contributed by atoms with Crippen LogP contribution in [0.5, 0.6) is 5.75 Å². The van der Waals surface area contributed by atoms with E-state index in [0.29, 0.717) is 10.8 Å². The van der Waals surface area contributed by atoms with Crippen molar-refractivity contribution in [2.75, 3.05) is 6.61 Å². The molecule has 0 heterocycles. The summed E-state index contributed by atoms with van der Waals surface area (Å²) < 4.78 is 6.72. The van der Waals surface area contributed by atoms with Crippen LogP contribution >= 0.6 is 27.5 Å². The highest BCUT2D eigenvalue weighted by atomic mass is 79.9. The number of rotatable bonds is 6. The van der Waals surface area contributed by atoms with E-state index in [-0.39, 0.29) is 18.4 Å². The SMILES string of the molecule is Cc1cc(OCC(=O)N/N=C/c2ccc(Cl)cc2)c(C(C)C)cc1Br. The average Bonchev–Trinajstić information content (AvgIpc) is 2.57. The normalized spacial score (nSPS) is 11.1. The van der Waals surface area contributed by atoms with Crippen molar-refractivity contribution in [3.63, 3.8) is 0 Å². The standard InChI is InChI=1S/C19H20BrClN2O2/c1-12(2)16-9-17(20)13(3)8-18(16)25-11-19(24)23-22-10-14-4-6-15(21)7-5-14/h4-10,12H,11H2,1-3H3,(H,23,24)/b22-10+. The largest absolute Gasteiger partial charge is 0.483 e. The fraction of sp³-hybridized carbons (Fsp3) is 0.263. The molecule has 1 amide bonds. The molecule has 0 bridgehead atoms. The van der Waals surface area contributed by atoms with Crippen LogP contribution in [0.25, 0.3) is 0 Å². The molecule has 0 aliphatic rings. The highest BCUT2D eigenvalue weighted by Crippen LogP contribution is 2.32. The van der Waals surface area contributed by atoms with Crippen LogP contribution < -0.4 is 10.2 Å². The van der Waals surface area contributed by atoms with Gasteiger partial charge in [0.05, 0.1) is 6.21 Å². The Labute approximate surface area is 161 Å². The maximum atomic E-state index is 11.9. The van der Waals surface area contributed by atoms with Gasteiger partial charge < -0.3 is 4.74 Å². The summed E-state index contributed by atoms with van der Waals surface area (Å²) >= 11 is 9.34. The minimum atomic E-state index is -0.319. The number of hydrogen-bond acceptors (Lipinski definition) is 3. The number of nitrogens with zero attached hydrogens (tertiary/aromatic N) is 1. The molecule has 0 aromatic heterocycles. The van der Waals surface area contributed by atoms with Gasteiger partial charge in [0.15, 0.2) is 6.61 Å². The van der Waals surface area contributed by atoms with Crippen LogP contribution in [0.15, 0.2) is 46.0 Å². The number of halogens is 2. The van der Waals surface area contributed by atoms with Gasteiger partial charge in [-0.2, -0.15) is 5.10 Å². The highest BCUT2D eigenvalue weighted by Gasteiger charge is 2.12. The Bertz CT molecular complexity index is 774. The fourth-order valence-corrected chi connectivity index (χ4v) is 2.64. The first-order valence-corrected chi connectivity index (χ1v) is 9.04. The fourth-order valence-electron chi connectivity index (χ4n) is 2.15. The molecule has 0 aliphatic carbocycles. The van der Waals surface area contributed by atoms with Crippen molar-refractivity contribution in [3.05, 3.63) is 62.6 Å². The van der Waals surface area contributed by atoms with Gasteiger partial charge in [-0.05, 0) is 53.8 Å². The molecule has 0 unspecified atom stereocenters. The van der Waals surface area contributed by atoms with Crippen LogP contribution in [0.3, 0.4) is 0 Å². The number of aryl methyl sites for hydroxylation is 1. The number of hydrazone groups is 1. The van der Waals surface area contributed by atoms with Crippen molar-refractivity contribution >= 4 is 39.7 Å². The second-order valence-corrected chi connectivity index (χ2v) is 7.22. The lowest BCUT2D eigenvalue weighted by Crippen LogP contribution is -2.25. The summed E-state index contributed by atoms with van der Waals surface area (Å²) in [5.41, 5.74) is 5.40. The number of benzene rings is 2. The van der Waals surface area contributed by atoms with Crippen molar-refractivity contribution in [2.45, 2.75) is 26.7 Å². The van der Waals surface area contributed by atoms with Gasteiger partial charge in [-0.1, -0.05) is 53.5 Å². The minimum Gasteiger partial charge on any atom is -0.483 e. The first-order valence-electron chi connectivity index (χ1n) is 7.87. The molecule has 0 radical (unpaired) electrons. The Morgan fingerprint density at radius 2 is 2.00 bits per heavy atom. The van der Waals surface area contributed by atoms with Crippen LogP contribution in [-0.2, 0) is 4.79 Å². The number of hydrogen-bond donors (Lipinski definition) is 1. The maximum Gasteiger partial charge on any atom is 0.277 e. The van der Waals surface area contributed by atoms with Crippen molar-refractivity contribution < 1.29 is 9.53 Å². The minimum absolute atomic E-state index is 0.0985. The molecule has 6 heteroatoms. The Morgan fingerprint density at radius 1 is 1.32 bits per heavy atom. The molecular weight excluding hydrogens is 404 g/mol. The molecule has 2 aromatic carbocycles. The van der Waals surface area contributed by atoms with E-state index in [1.165, 1.54) is 0 Å². The first kappa shape index (κ1) is 19.5. The number of nitrogens with one attached hydrogen (secondary N) is 1. The molecular formula is C19H20BrClN2O2. The van der Waals surface area contributed by atoms with Gasteiger partial charge in [-0.15, -0.1) is 0 Å². The Kier molecular flexibility index (Phi) is 7.02. The molecule has 0 saturated carbocycles. The van der Waals surface area contributed by atoms with Crippen molar-refractivity contribution in [3.8, 4) is 5.75 Å². The smallest absolute Gasteiger partial charge is 0.277 e.